The fourth-order valence-corrected chi connectivity index (χ4v) is 4.39. The number of pyridine rings is 1. The summed E-state index contributed by atoms with van der Waals surface area (Å²) in [4.78, 5) is 49.9. The predicted molar refractivity (Wildman–Crippen MR) is 130 cm³/mol. The van der Waals surface area contributed by atoms with Gasteiger partial charge in [-0.2, -0.15) is 0 Å². The van der Waals surface area contributed by atoms with Gasteiger partial charge in [0.05, 0.1) is 11.1 Å². The number of nitrogens with zero attached hydrogens (tertiary/aromatic N) is 3. The summed E-state index contributed by atoms with van der Waals surface area (Å²) in [6.45, 7) is 1.30. The van der Waals surface area contributed by atoms with Crippen molar-refractivity contribution >= 4 is 45.7 Å². The minimum Gasteiger partial charge on any atom is -0.465 e. The Morgan fingerprint density at radius 1 is 1.09 bits per heavy atom. The quantitative estimate of drug-likeness (QED) is 0.351. The Balaban J connectivity index is 1.29. The van der Waals surface area contributed by atoms with Crippen LogP contribution in [0.3, 0.4) is 0 Å². The van der Waals surface area contributed by atoms with Gasteiger partial charge in [-0.3, -0.25) is 19.9 Å². The number of likely N-dealkylation sites (tertiary alicyclic amines) is 1. The number of nitrogens with one attached hydrogen (secondary N) is 3. The number of hydrogen-bond acceptors (Lipinski definition) is 5. The lowest BCUT2D eigenvalue weighted by molar-refractivity contribution is 0.0929. The van der Waals surface area contributed by atoms with E-state index in [0.29, 0.717) is 36.2 Å². The van der Waals surface area contributed by atoms with Crippen LogP contribution in [0.15, 0.2) is 54.7 Å². The van der Waals surface area contributed by atoms with Crippen molar-refractivity contribution in [3.63, 3.8) is 0 Å². The van der Waals surface area contributed by atoms with E-state index in [1.54, 1.807) is 30.5 Å². The van der Waals surface area contributed by atoms with Crippen LogP contribution >= 0.6 is 0 Å². The average Bonchev–Trinajstić information content (AvgIpc) is 3.29. The third-order valence-electron chi connectivity index (χ3n) is 6.19. The van der Waals surface area contributed by atoms with Crippen LogP contribution in [0.2, 0.25) is 0 Å². The molecule has 0 aliphatic carbocycles. The summed E-state index contributed by atoms with van der Waals surface area (Å²) in [5.41, 5.74) is 1.66. The molecule has 0 radical (unpaired) electrons. The maximum Gasteiger partial charge on any atom is 0.407 e. The summed E-state index contributed by atoms with van der Waals surface area (Å²) >= 11 is 0. The van der Waals surface area contributed by atoms with Crippen molar-refractivity contribution in [2.45, 2.75) is 12.8 Å². The number of hydrogen-bond donors (Lipinski definition) is 4. The van der Waals surface area contributed by atoms with Gasteiger partial charge in [-0.25, -0.2) is 9.78 Å². The molecule has 4 N–H and O–H groups in total. The van der Waals surface area contributed by atoms with Gasteiger partial charge in [0.15, 0.2) is 0 Å². The number of aromatic nitrogens is 3. The molecule has 0 bridgehead atoms. The summed E-state index contributed by atoms with van der Waals surface area (Å²) in [7, 11) is 0. The number of H-pyrrole nitrogens is 1. The third kappa shape index (κ3) is 4.77. The molecule has 3 heterocycles. The molecule has 1 saturated heterocycles. The normalized spacial score (nSPS) is 15.8. The Morgan fingerprint density at radius 2 is 1.91 bits per heavy atom. The van der Waals surface area contributed by atoms with Crippen molar-refractivity contribution < 1.29 is 19.5 Å². The number of fused-ring (bicyclic) bond motifs is 2. The van der Waals surface area contributed by atoms with Crippen LogP contribution in [0, 0.1) is 5.92 Å². The van der Waals surface area contributed by atoms with E-state index in [9.17, 15) is 19.5 Å². The van der Waals surface area contributed by atoms with Crippen molar-refractivity contribution in [1.82, 2.24) is 25.2 Å². The van der Waals surface area contributed by atoms with Gasteiger partial charge >= 0.3 is 6.09 Å². The molecule has 0 saturated carbocycles. The molecule has 1 unspecified atom stereocenters. The van der Waals surface area contributed by atoms with Crippen LogP contribution < -0.4 is 10.6 Å². The molecular formula is C25H24N6O4. The first-order valence-electron chi connectivity index (χ1n) is 11.4. The molecule has 178 valence electrons. The minimum atomic E-state index is -0.934. The molecular weight excluding hydrogens is 448 g/mol. The van der Waals surface area contributed by atoms with Crippen LogP contribution in [0.5, 0.6) is 0 Å². The summed E-state index contributed by atoms with van der Waals surface area (Å²) < 4.78 is 0. The van der Waals surface area contributed by atoms with Crippen molar-refractivity contribution in [2.24, 2.45) is 5.92 Å². The van der Waals surface area contributed by atoms with Crippen LogP contribution in [0.4, 0.5) is 10.7 Å². The molecule has 1 aliphatic rings. The Bertz CT molecular complexity index is 1430. The van der Waals surface area contributed by atoms with Gasteiger partial charge in [-0.1, -0.05) is 30.3 Å². The summed E-state index contributed by atoms with van der Waals surface area (Å²) in [6, 6.07) is 14.5. The smallest absolute Gasteiger partial charge is 0.407 e. The first-order valence-corrected chi connectivity index (χ1v) is 11.4. The van der Waals surface area contributed by atoms with E-state index in [0.717, 1.165) is 23.6 Å². The Labute approximate surface area is 200 Å². The Morgan fingerprint density at radius 3 is 2.74 bits per heavy atom. The number of para-hydroxylation sites is 1. The van der Waals surface area contributed by atoms with Crippen LogP contribution in [-0.2, 0) is 0 Å². The second-order valence-corrected chi connectivity index (χ2v) is 8.60. The first-order chi connectivity index (χ1) is 17.0. The van der Waals surface area contributed by atoms with Gasteiger partial charge in [0.2, 0.25) is 5.95 Å². The number of benzene rings is 2. The summed E-state index contributed by atoms with van der Waals surface area (Å²) in [5.74, 6) is -0.444. The molecule has 10 nitrogen and oxygen atoms in total. The number of carboxylic acid groups (broad SMARTS) is 1. The fraction of sp³-hybridized carbons (Fsp3) is 0.240. The predicted octanol–water partition coefficient (Wildman–Crippen LogP) is 3.48. The van der Waals surface area contributed by atoms with Crippen LogP contribution in [0.1, 0.15) is 33.7 Å². The number of carbonyl (C=O) groups is 3. The van der Waals surface area contributed by atoms with E-state index in [-0.39, 0.29) is 23.5 Å². The van der Waals surface area contributed by atoms with E-state index in [2.05, 4.69) is 25.6 Å². The zero-order valence-electron chi connectivity index (χ0n) is 18.8. The van der Waals surface area contributed by atoms with Gasteiger partial charge in [0.25, 0.3) is 11.8 Å². The van der Waals surface area contributed by atoms with Gasteiger partial charge in [0, 0.05) is 31.2 Å². The van der Waals surface area contributed by atoms with Crippen molar-refractivity contribution in [1.29, 1.82) is 0 Å². The van der Waals surface area contributed by atoms with Crippen LogP contribution in [-0.4, -0.2) is 62.5 Å². The zero-order valence-corrected chi connectivity index (χ0v) is 18.8. The van der Waals surface area contributed by atoms with Gasteiger partial charge < -0.3 is 20.3 Å². The third-order valence-corrected chi connectivity index (χ3v) is 6.19. The van der Waals surface area contributed by atoms with Crippen molar-refractivity contribution in [3.8, 4) is 0 Å². The maximum absolute atomic E-state index is 12.9. The highest BCUT2D eigenvalue weighted by molar-refractivity contribution is 6.07. The molecule has 1 atom stereocenters. The molecule has 10 heteroatoms. The SMILES string of the molecule is O=C(Nc1nc2c(C(=O)NCC3CCCN(C(=O)O)C3)cccc2[nH]1)c1cc2ccccc2cn1. The molecule has 3 amide bonds. The van der Waals surface area contributed by atoms with E-state index in [1.807, 2.05) is 24.3 Å². The summed E-state index contributed by atoms with van der Waals surface area (Å²) in [6.07, 6.45) is 2.34. The van der Waals surface area contributed by atoms with Crippen molar-refractivity contribution in [2.75, 3.05) is 25.0 Å². The number of piperidine rings is 1. The second kappa shape index (κ2) is 9.41. The number of imidazole rings is 1. The number of rotatable bonds is 5. The monoisotopic (exact) mass is 472 g/mol. The van der Waals surface area contributed by atoms with Crippen molar-refractivity contribution in [3.05, 3.63) is 66.0 Å². The van der Waals surface area contributed by atoms with Crippen LogP contribution in [0.25, 0.3) is 21.8 Å². The molecule has 4 aromatic rings. The number of carbonyl (C=O) groups excluding carboxylic acids is 2. The molecule has 35 heavy (non-hydrogen) atoms. The molecule has 1 aliphatic heterocycles. The lowest BCUT2D eigenvalue weighted by Gasteiger charge is -2.30. The highest BCUT2D eigenvalue weighted by Gasteiger charge is 2.24. The van der Waals surface area contributed by atoms with E-state index >= 15 is 0 Å². The van der Waals surface area contributed by atoms with Gasteiger partial charge in [0.1, 0.15) is 11.2 Å². The number of anilines is 1. The molecule has 0 spiro atoms. The van der Waals surface area contributed by atoms with E-state index in [1.165, 1.54) is 4.90 Å². The lowest BCUT2D eigenvalue weighted by atomic mass is 9.98. The standard InChI is InChI=1S/C25H24N6O4/c32-22(27-12-15-5-4-10-31(14-15)25(34)35)18-8-3-9-19-21(18)29-24(28-19)30-23(33)20-11-16-6-1-2-7-17(16)13-26-20/h1-3,6-9,11,13,15H,4-5,10,12,14H2,(H,27,32)(H,34,35)(H2,28,29,30,33). The van der Waals surface area contributed by atoms with E-state index < -0.39 is 12.0 Å². The first kappa shape index (κ1) is 22.3. The minimum absolute atomic E-state index is 0.0616. The zero-order chi connectivity index (χ0) is 24.4. The Kier molecular flexibility index (Phi) is 6.01. The number of aromatic amines is 1. The fourth-order valence-electron chi connectivity index (χ4n) is 4.39. The van der Waals surface area contributed by atoms with Gasteiger partial charge in [-0.05, 0) is 42.3 Å². The molecule has 1 fully saturated rings. The highest BCUT2D eigenvalue weighted by Crippen LogP contribution is 2.21. The molecule has 5 rings (SSSR count). The maximum atomic E-state index is 12.9. The average molecular weight is 473 g/mol. The number of amides is 3. The molecule has 2 aromatic heterocycles. The Hall–Kier alpha value is -4.47. The topological polar surface area (TPSA) is 140 Å². The second-order valence-electron chi connectivity index (χ2n) is 8.60. The van der Waals surface area contributed by atoms with Gasteiger partial charge in [-0.15, -0.1) is 0 Å². The van der Waals surface area contributed by atoms with E-state index in [4.69, 9.17) is 0 Å². The highest BCUT2D eigenvalue weighted by atomic mass is 16.4. The summed E-state index contributed by atoms with van der Waals surface area (Å²) in [5, 5.41) is 16.7. The molecule has 2 aromatic carbocycles. The largest absolute Gasteiger partial charge is 0.465 e. The lowest BCUT2D eigenvalue weighted by Crippen LogP contribution is -2.43.